The molecular formula is C42H38Cl2N8O3S3. The van der Waals surface area contributed by atoms with Gasteiger partial charge in [0.15, 0.2) is 10.2 Å². The van der Waals surface area contributed by atoms with E-state index in [1.807, 2.05) is 92.7 Å². The fourth-order valence-corrected chi connectivity index (χ4v) is 6.52. The van der Waals surface area contributed by atoms with E-state index >= 15 is 0 Å². The third kappa shape index (κ3) is 13.1. The first-order chi connectivity index (χ1) is 27.9. The molecule has 0 fully saturated rings. The molecule has 2 heterocycles. The summed E-state index contributed by atoms with van der Waals surface area (Å²) < 4.78 is 5.78. The van der Waals surface area contributed by atoms with Gasteiger partial charge in [-0.15, -0.1) is 0 Å². The van der Waals surface area contributed by atoms with Crippen molar-refractivity contribution in [3.63, 3.8) is 0 Å². The van der Waals surface area contributed by atoms with Gasteiger partial charge in [-0.2, -0.15) is 0 Å². The van der Waals surface area contributed by atoms with Gasteiger partial charge in [0.2, 0.25) is 0 Å². The summed E-state index contributed by atoms with van der Waals surface area (Å²) in [6.45, 7) is 3.88. The van der Waals surface area contributed by atoms with Crippen molar-refractivity contribution in [3.05, 3.63) is 154 Å². The van der Waals surface area contributed by atoms with E-state index in [2.05, 4.69) is 41.9 Å². The number of nitrogens with zero attached hydrogens (tertiary/aromatic N) is 2. The van der Waals surface area contributed by atoms with Gasteiger partial charge in [0.25, 0.3) is 11.8 Å². The molecule has 0 aliphatic rings. The molecule has 0 radical (unpaired) electrons. The lowest BCUT2D eigenvalue weighted by Gasteiger charge is -2.12. The van der Waals surface area contributed by atoms with Crippen LogP contribution in [0.1, 0.15) is 32.1 Å². The number of nitrogens with one attached hydrogen (secondary N) is 6. The molecule has 2 aromatic heterocycles. The molecule has 2 amide bonds. The molecule has 6 rings (SSSR count). The van der Waals surface area contributed by atoms with E-state index in [-0.39, 0.29) is 17.5 Å². The Balaban J connectivity index is 0.000000221. The summed E-state index contributed by atoms with van der Waals surface area (Å²) in [4.78, 5) is 33.5. The fraction of sp³-hybridized carbons (Fsp3) is 0.0952. The van der Waals surface area contributed by atoms with E-state index < -0.39 is 0 Å². The summed E-state index contributed by atoms with van der Waals surface area (Å²) in [5, 5.41) is 20.0. The number of carbonyl (C=O) groups excluding carboxylic acids is 2. The highest BCUT2D eigenvalue weighted by Crippen LogP contribution is 2.29. The first kappa shape index (κ1) is 43.4. The molecule has 0 bridgehead atoms. The molecule has 4 aromatic carbocycles. The molecule has 11 nitrogen and oxygen atoms in total. The van der Waals surface area contributed by atoms with Crippen molar-refractivity contribution in [1.29, 1.82) is 0 Å². The SMILES string of the molecule is CNC(=O)c1cc(Oc2ccc(NC(=S)Nc3ccc(Cl)c(C)c3)cc2)ccn1.CNC(=O)c1cc(Sc2ccc(NC(=S)Nc3ccc(Cl)c(C)c3)cc2)ccn1. The largest absolute Gasteiger partial charge is 0.457 e. The van der Waals surface area contributed by atoms with E-state index in [4.69, 9.17) is 52.4 Å². The van der Waals surface area contributed by atoms with Crippen LogP contribution in [0.5, 0.6) is 11.5 Å². The van der Waals surface area contributed by atoms with Crippen LogP contribution in [0.3, 0.4) is 0 Å². The number of pyridine rings is 2. The van der Waals surface area contributed by atoms with Gasteiger partial charge in [0.05, 0.1) is 0 Å². The Bertz CT molecular complexity index is 2250. The van der Waals surface area contributed by atoms with Crippen LogP contribution in [-0.4, -0.2) is 46.1 Å². The van der Waals surface area contributed by atoms with Gasteiger partial charge in [-0.25, -0.2) is 0 Å². The number of halogens is 2. The number of ether oxygens (including phenoxy) is 1. The number of anilines is 4. The van der Waals surface area contributed by atoms with Crippen molar-refractivity contribution in [2.75, 3.05) is 35.4 Å². The number of thiocarbonyl (C=S) groups is 2. The average molecular weight is 870 g/mol. The van der Waals surface area contributed by atoms with E-state index in [0.717, 1.165) is 48.7 Å². The number of amides is 2. The summed E-state index contributed by atoms with van der Waals surface area (Å²) in [6, 6.07) is 33.3. The standard InChI is InChI=1S/C21H19ClN4O2S.C21H19ClN4OS2/c1-13-11-15(5-8-18(13)22)26-21(29)25-14-3-6-16(7-4-14)28-17-9-10-24-19(12-17)20(27)23-2;1-13-11-15(5-8-18(13)22)26-21(28)25-14-3-6-16(7-4-14)29-17-9-10-24-19(12-17)20(27)23-2/h3-12H,1-2H3,(H,23,27)(H2,25,26,29);3-12H,1-2H3,(H,23,27)(H2,25,26,28). The van der Waals surface area contributed by atoms with Gasteiger partial charge < -0.3 is 36.6 Å². The number of aryl methyl sites for hydroxylation is 2. The van der Waals surface area contributed by atoms with Gasteiger partial charge in [-0.05, 0) is 153 Å². The minimum atomic E-state index is -0.271. The maximum absolute atomic E-state index is 11.7. The lowest BCUT2D eigenvalue weighted by atomic mass is 10.2. The third-order valence-electron chi connectivity index (χ3n) is 7.91. The summed E-state index contributed by atoms with van der Waals surface area (Å²) in [5.41, 5.74) is 6.05. The molecule has 0 aliphatic carbocycles. The number of benzene rings is 4. The predicted molar refractivity (Wildman–Crippen MR) is 244 cm³/mol. The number of carbonyl (C=O) groups is 2. The summed E-state index contributed by atoms with van der Waals surface area (Å²) >= 11 is 24.4. The molecule has 0 unspecified atom stereocenters. The second-order valence-corrected chi connectivity index (χ2v) is 15.0. The Kier molecular flexibility index (Phi) is 15.8. The zero-order valence-corrected chi connectivity index (χ0v) is 35.6. The molecule has 6 aromatic rings. The van der Waals surface area contributed by atoms with Gasteiger partial charge in [0, 0.05) is 75.1 Å². The minimum Gasteiger partial charge on any atom is -0.457 e. The Labute approximate surface area is 361 Å². The van der Waals surface area contributed by atoms with Crippen molar-refractivity contribution in [2.45, 2.75) is 23.6 Å². The number of aromatic nitrogens is 2. The van der Waals surface area contributed by atoms with Crippen molar-refractivity contribution >= 4 is 104 Å². The molecule has 0 spiro atoms. The zero-order chi connectivity index (χ0) is 41.6. The highest BCUT2D eigenvalue weighted by molar-refractivity contribution is 7.99. The molecule has 0 aliphatic heterocycles. The fourth-order valence-electron chi connectivity index (χ4n) is 4.97. The van der Waals surface area contributed by atoms with Crippen LogP contribution in [0.25, 0.3) is 0 Å². The van der Waals surface area contributed by atoms with Crippen LogP contribution in [0, 0.1) is 13.8 Å². The quantitative estimate of drug-likeness (QED) is 0.0730. The van der Waals surface area contributed by atoms with E-state index in [1.54, 1.807) is 62.4 Å². The first-order valence-corrected chi connectivity index (χ1v) is 19.9. The predicted octanol–water partition coefficient (Wildman–Crippen LogP) is 10.4. The minimum absolute atomic E-state index is 0.205. The van der Waals surface area contributed by atoms with Crippen molar-refractivity contribution in [3.8, 4) is 11.5 Å². The lowest BCUT2D eigenvalue weighted by Crippen LogP contribution is -2.19. The Morgan fingerprint density at radius 2 is 1.00 bits per heavy atom. The molecule has 0 saturated carbocycles. The average Bonchev–Trinajstić information content (AvgIpc) is 3.22. The maximum atomic E-state index is 11.7. The normalized spacial score (nSPS) is 10.2. The second kappa shape index (κ2) is 21.1. The topological polar surface area (TPSA) is 141 Å². The van der Waals surface area contributed by atoms with Crippen LogP contribution in [-0.2, 0) is 0 Å². The van der Waals surface area contributed by atoms with E-state index in [0.29, 0.717) is 32.4 Å². The summed E-state index contributed by atoms with van der Waals surface area (Å²) in [6.07, 6.45) is 3.16. The first-order valence-electron chi connectivity index (χ1n) is 17.5. The molecule has 16 heteroatoms. The Hall–Kier alpha value is -5.77. The lowest BCUT2D eigenvalue weighted by molar-refractivity contribution is 0.0950. The van der Waals surface area contributed by atoms with Crippen molar-refractivity contribution in [2.24, 2.45) is 0 Å². The van der Waals surface area contributed by atoms with Crippen LogP contribution in [0.2, 0.25) is 10.0 Å². The highest BCUT2D eigenvalue weighted by atomic mass is 35.5. The number of hydrogen-bond acceptors (Lipinski definition) is 8. The highest BCUT2D eigenvalue weighted by Gasteiger charge is 2.09. The van der Waals surface area contributed by atoms with Crippen molar-refractivity contribution in [1.82, 2.24) is 20.6 Å². The van der Waals surface area contributed by atoms with E-state index in [9.17, 15) is 9.59 Å². The smallest absolute Gasteiger partial charge is 0.269 e. The molecule has 0 atom stereocenters. The maximum Gasteiger partial charge on any atom is 0.269 e. The monoisotopic (exact) mass is 868 g/mol. The van der Waals surface area contributed by atoms with Crippen LogP contribution in [0.15, 0.2) is 131 Å². The molecule has 296 valence electrons. The van der Waals surface area contributed by atoms with E-state index in [1.165, 1.54) is 6.20 Å². The number of rotatable bonds is 10. The summed E-state index contributed by atoms with van der Waals surface area (Å²) in [7, 11) is 3.14. The van der Waals surface area contributed by atoms with Crippen LogP contribution >= 0.6 is 59.4 Å². The molecule has 58 heavy (non-hydrogen) atoms. The molecular weight excluding hydrogens is 832 g/mol. The Morgan fingerprint density at radius 1 is 0.552 bits per heavy atom. The second-order valence-electron chi connectivity index (χ2n) is 12.3. The van der Waals surface area contributed by atoms with Crippen LogP contribution in [0.4, 0.5) is 22.7 Å². The Morgan fingerprint density at radius 3 is 1.50 bits per heavy atom. The van der Waals surface area contributed by atoms with Crippen LogP contribution < -0.4 is 36.6 Å². The molecule has 0 saturated heterocycles. The number of hydrogen-bond donors (Lipinski definition) is 6. The van der Waals surface area contributed by atoms with Gasteiger partial charge >= 0.3 is 0 Å². The van der Waals surface area contributed by atoms with Crippen molar-refractivity contribution < 1.29 is 14.3 Å². The van der Waals surface area contributed by atoms with Gasteiger partial charge in [-0.1, -0.05) is 35.0 Å². The summed E-state index contributed by atoms with van der Waals surface area (Å²) in [5.74, 6) is 0.669. The third-order valence-corrected chi connectivity index (χ3v) is 10.2. The van der Waals surface area contributed by atoms with Gasteiger partial charge in [-0.3, -0.25) is 19.6 Å². The molecule has 6 N–H and O–H groups in total. The zero-order valence-electron chi connectivity index (χ0n) is 31.6. The van der Waals surface area contributed by atoms with Gasteiger partial charge in [0.1, 0.15) is 22.9 Å².